The van der Waals surface area contributed by atoms with E-state index in [-0.39, 0.29) is 18.1 Å². The second-order valence-electron chi connectivity index (χ2n) is 6.62. The lowest BCUT2D eigenvalue weighted by Crippen LogP contribution is -2.30. The molecule has 3 unspecified atom stereocenters. The zero-order valence-corrected chi connectivity index (χ0v) is 13.8. The Hall–Kier alpha value is -1.60. The van der Waals surface area contributed by atoms with Gasteiger partial charge < -0.3 is 15.0 Å². The van der Waals surface area contributed by atoms with Gasteiger partial charge in [-0.3, -0.25) is 0 Å². The first-order valence-electron chi connectivity index (χ1n) is 8.22. The van der Waals surface area contributed by atoms with E-state index in [9.17, 15) is 18.3 Å². The molecule has 1 aromatic heterocycles. The van der Waals surface area contributed by atoms with Gasteiger partial charge in [0.15, 0.2) is 0 Å². The number of fused-ring (bicyclic) bond motifs is 1. The summed E-state index contributed by atoms with van der Waals surface area (Å²) in [5.41, 5.74) is 0.332. The number of imidazole rings is 1. The van der Waals surface area contributed by atoms with E-state index in [0.29, 0.717) is 23.4 Å². The monoisotopic (exact) mass is 341 g/mol. The largest absolute Gasteiger partial charge is 0.416 e. The van der Waals surface area contributed by atoms with Gasteiger partial charge in [0.1, 0.15) is 5.82 Å². The first-order valence-corrected chi connectivity index (χ1v) is 8.22. The van der Waals surface area contributed by atoms with E-state index in [4.69, 9.17) is 0 Å². The van der Waals surface area contributed by atoms with Gasteiger partial charge in [-0.15, -0.1) is 0 Å². The van der Waals surface area contributed by atoms with Crippen LogP contribution < -0.4 is 5.32 Å². The minimum Gasteiger partial charge on any atom is -0.393 e. The van der Waals surface area contributed by atoms with E-state index in [2.05, 4.69) is 10.3 Å². The molecule has 2 N–H and O–H groups in total. The van der Waals surface area contributed by atoms with Crippen LogP contribution >= 0.6 is 0 Å². The molecular weight excluding hydrogens is 319 g/mol. The van der Waals surface area contributed by atoms with Crippen LogP contribution in [0.3, 0.4) is 0 Å². The van der Waals surface area contributed by atoms with Crippen molar-refractivity contribution in [3.8, 4) is 0 Å². The molecule has 0 saturated heterocycles. The number of aryl methyl sites for hydroxylation is 1. The molecule has 1 aliphatic carbocycles. The van der Waals surface area contributed by atoms with Crippen LogP contribution in [-0.4, -0.2) is 27.3 Å². The Kier molecular flexibility index (Phi) is 4.57. The molecule has 3 atom stereocenters. The van der Waals surface area contributed by atoms with Gasteiger partial charge in [-0.05, 0) is 43.9 Å². The fraction of sp³-hybridized carbons (Fsp3) is 0.588. The van der Waals surface area contributed by atoms with Gasteiger partial charge >= 0.3 is 6.18 Å². The number of aliphatic hydroxyl groups is 1. The molecule has 0 aliphatic heterocycles. The maximum atomic E-state index is 12.8. The predicted molar refractivity (Wildman–Crippen MR) is 85.5 cm³/mol. The maximum Gasteiger partial charge on any atom is 0.416 e. The summed E-state index contributed by atoms with van der Waals surface area (Å²) >= 11 is 0. The van der Waals surface area contributed by atoms with E-state index in [1.165, 1.54) is 6.07 Å². The highest BCUT2D eigenvalue weighted by Gasteiger charge is 2.31. The van der Waals surface area contributed by atoms with Gasteiger partial charge in [0.2, 0.25) is 0 Å². The topological polar surface area (TPSA) is 50.1 Å². The zero-order valence-electron chi connectivity index (χ0n) is 13.8. The Morgan fingerprint density at radius 3 is 2.75 bits per heavy atom. The molecule has 1 aromatic carbocycles. The molecule has 24 heavy (non-hydrogen) atoms. The van der Waals surface area contributed by atoms with E-state index in [0.717, 1.165) is 31.4 Å². The van der Waals surface area contributed by atoms with Crippen LogP contribution in [0.15, 0.2) is 18.2 Å². The highest BCUT2D eigenvalue weighted by molar-refractivity contribution is 5.77. The lowest BCUT2D eigenvalue weighted by molar-refractivity contribution is -0.137. The van der Waals surface area contributed by atoms with E-state index in [1.807, 2.05) is 11.5 Å². The molecule has 0 radical (unpaired) electrons. The molecule has 132 valence electrons. The van der Waals surface area contributed by atoms with Crippen LogP contribution in [0.25, 0.3) is 11.0 Å². The molecule has 7 heteroatoms. The van der Waals surface area contributed by atoms with Crippen molar-refractivity contribution in [2.75, 3.05) is 6.54 Å². The van der Waals surface area contributed by atoms with Crippen molar-refractivity contribution in [2.24, 2.45) is 13.0 Å². The lowest BCUT2D eigenvalue weighted by atomic mass is 10.1. The summed E-state index contributed by atoms with van der Waals surface area (Å²) < 4.78 is 40.3. The second-order valence-corrected chi connectivity index (χ2v) is 6.62. The van der Waals surface area contributed by atoms with E-state index in [1.54, 1.807) is 7.05 Å². The van der Waals surface area contributed by atoms with Crippen LogP contribution in [-0.2, 0) is 13.2 Å². The Morgan fingerprint density at radius 1 is 1.38 bits per heavy atom. The number of aliphatic hydroxyl groups excluding tert-OH is 1. The van der Waals surface area contributed by atoms with Gasteiger partial charge in [-0.2, -0.15) is 13.2 Å². The van der Waals surface area contributed by atoms with Crippen molar-refractivity contribution >= 4 is 11.0 Å². The second kappa shape index (κ2) is 6.37. The fourth-order valence-corrected chi connectivity index (χ4v) is 3.46. The molecule has 0 bridgehead atoms. The first-order chi connectivity index (χ1) is 11.3. The van der Waals surface area contributed by atoms with Crippen molar-refractivity contribution in [3.63, 3.8) is 0 Å². The number of halogens is 3. The average Bonchev–Trinajstić information content (AvgIpc) is 3.07. The van der Waals surface area contributed by atoms with Crippen LogP contribution in [0.4, 0.5) is 13.2 Å². The number of hydrogen-bond donors (Lipinski definition) is 2. The number of aromatic nitrogens is 2. The maximum absolute atomic E-state index is 12.8. The quantitative estimate of drug-likeness (QED) is 0.896. The van der Waals surface area contributed by atoms with E-state index >= 15 is 0 Å². The van der Waals surface area contributed by atoms with Crippen LogP contribution in [0.1, 0.15) is 43.6 Å². The van der Waals surface area contributed by atoms with Crippen LogP contribution in [0.5, 0.6) is 0 Å². The summed E-state index contributed by atoms with van der Waals surface area (Å²) in [4.78, 5) is 4.39. The summed E-state index contributed by atoms with van der Waals surface area (Å²) in [6, 6.07) is 3.53. The highest BCUT2D eigenvalue weighted by atomic mass is 19.4. The van der Waals surface area contributed by atoms with Gasteiger partial charge in [0, 0.05) is 13.6 Å². The van der Waals surface area contributed by atoms with Crippen LogP contribution in [0.2, 0.25) is 0 Å². The molecule has 1 aliphatic rings. The Bertz CT molecular complexity index is 726. The van der Waals surface area contributed by atoms with Gasteiger partial charge in [-0.25, -0.2) is 4.98 Å². The summed E-state index contributed by atoms with van der Waals surface area (Å²) in [6.07, 6.45) is -1.76. The third-order valence-corrected chi connectivity index (χ3v) is 4.94. The smallest absolute Gasteiger partial charge is 0.393 e. The number of nitrogens with zero attached hydrogens (tertiary/aromatic N) is 2. The minimum absolute atomic E-state index is 0.107. The number of benzene rings is 1. The van der Waals surface area contributed by atoms with Gasteiger partial charge in [0.05, 0.1) is 28.7 Å². The Morgan fingerprint density at radius 2 is 2.12 bits per heavy atom. The standard InChI is InChI=1S/C17H22F3N3O/c1-10(21-9-11-4-3-5-15(11)24)16-22-13-8-12(17(18,19)20)6-7-14(13)23(16)2/h6-8,10-11,15,21,24H,3-5,9H2,1-2H3. The molecule has 4 nitrogen and oxygen atoms in total. The highest BCUT2D eigenvalue weighted by Crippen LogP contribution is 2.32. The van der Waals surface area contributed by atoms with E-state index < -0.39 is 11.7 Å². The Labute approximate surface area is 138 Å². The third-order valence-electron chi connectivity index (χ3n) is 4.94. The predicted octanol–water partition coefficient (Wildman–Crippen LogP) is 3.40. The minimum atomic E-state index is -4.37. The molecule has 0 amide bonds. The number of alkyl halides is 3. The lowest BCUT2D eigenvalue weighted by Gasteiger charge is -2.19. The Balaban J connectivity index is 1.79. The summed E-state index contributed by atoms with van der Waals surface area (Å²) in [5, 5.41) is 13.2. The molecule has 1 heterocycles. The first kappa shape index (κ1) is 17.2. The number of rotatable bonds is 4. The van der Waals surface area contributed by atoms with Gasteiger partial charge in [0.25, 0.3) is 0 Å². The normalized spacial score (nSPS) is 23.1. The van der Waals surface area contributed by atoms with Crippen molar-refractivity contribution in [2.45, 2.75) is 44.5 Å². The van der Waals surface area contributed by atoms with Gasteiger partial charge in [-0.1, -0.05) is 6.42 Å². The molecule has 0 spiro atoms. The summed E-state index contributed by atoms with van der Waals surface area (Å²) in [5.74, 6) is 0.927. The molecular formula is C17H22F3N3O. The summed E-state index contributed by atoms with van der Waals surface area (Å²) in [6.45, 7) is 2.62. The molecule has 3 rings (SSSR count). The average molecular weight is 341 g/mol. The number of hydrogen-bond acceptors (Lipinski definition) is 3. The van der Waals surface area contributed by atoms with Crippen molar-refractivity contribution in [3.05, 3.63) is 29.6 Å². The number of nitrogens with one attached hydrogen (secondary N) is 1. The molecule has 1 fully saturated rings. The molecule has 1 saturated carbocycles. The SMILES string of the molecule is CC(NCC1CCCC1O)c1nc2cc(C(F)(F)F)ccc2n1C. The molecule has 2 aromatic rings. The summed E-state index contributed by atoms with van der Waals surface area (Å²) in [7, 11) is 1.81. The van der Waals surface area contributed by atoms with Crippen LogP contribution in [0, 0.1) is 5.92 Å². The van der Waals surface area contributed by atoms with Crippen molar-refractivity contribution in [1.29, 1.82) is 0 Å². The third kappa shape index (κ3) is 3.28. The van der Waals surface area contributed by atoms with Crippen molar-refractivity contribution < 1.29 is 18.3 Å². The fourth-order valence-electron chi connectivity index (χ4n) is 3.46. The van der Waals surface area contributed by atoms with Crippen molar-refractivity contribution in [1.82, 2.24) is 14.9 Å². The zero-order chi connectivity index (χ0) is 17.5.